The third-order valence-electron chi connectivity index (χ3n) is 1.47. The number of hydrogen-bond acceptors (Lipinski definition) is 3. The molecule has 0 radical (unpaired) electrons. The number of rotatable bonds is 2. The summed E-state index contributed by atoms with van der Waals surface area (Å²) < 4.78 is 10.6. The molecular weight excluding hydrogens is 241 g/mol. The number of phenols is 2. The standard InChI is InChI=1S/C7H9O5P.2Na.2H/c8-6-3-1-2-5(7(6)9)4-13(10,11)12;;;;/h1-3,8-9H,4H2,(H2,10,11,12);;;;/q;2*+1;2*-1. The van der Waals surface area contributed by atoms with E-state index in [1.807, 2.05) is 0 Å². The van der Waals surface area contributed by atoms with Gasteiger partial charge in [0.15, 0.2) is 11.5 Å². The Kier molecular flexibility index (Phi) is 8.96. The second-order valence-electron chi connectivity index (χ2n) is 2.61. The van der Waals surface area contributed by atoms with Gasteiger partial charge < -0.3 is 22.9 Å². The molecule has 0 saturated carbocycles. The molecule has 0 bridgehead atoms. The van der Waals surface area contributed by atoms with Crippen molar-refractivity contribution in [3.63, 3.8) is 0 Å². The molecule has 0 fully saturated rings. The van der Waals surface area contributed by atoms with Crippen LogP contribution in [0.25, 0.3) is 0 Å². The molecule has 5 nitrogen and oxygen atoms in total. The predicted molar refractivity (Wildman–Crippen MR) is 47.7 cm³/mol. The van der Waals surface area contributed by atoms with E-state index in [9.17, 15) is 4.57 Å². The Bertz CT molecular complexity index is 373. The Hall–Kier alpha value is 0.970. The zero-order valence-corrected chi connectivity index (χ0v) is 13.5. The topological polar surface area (TPSA) is 98.0 Å². The van der Waals surface area contributed by atoms with Crippen LogP contribution in [-0.4, -0.2) is 20.0 Å². The molecule has 1 aromatic carbocycles. The van der Waals surface area contributed by atoms with Gasteiger partial charge in [-0.3, -0.25) is 4.57 Å². The van der Waals surface area contributed by atoms with Gasteiger partial charge in [-0.2, -0.15) is 0 Å². The SMILES string of the molecule is O=P(O)(O)Cc1cccc(O)c1O.[H-].[H-].[Na+].[Na+]. The molecule has 1 rings (SSSR count). The second-order valence-corrected chi connectivity index (χ2v) is 4.25. The first-order valence-corrected chi connectivity index (χ1v) is 5.24. The monoisotopic (exact) mass is 252 g/mol. The van der Waals surface area contributed by atoms with Crippen LogP contribution in [0.2, 0.25) is 0 Å². The first kappa shape index (κ1) is 18.3. The molecule has 0 aromatic heterocycles. The molecule has 0 amide bonds. The van der Waals surface area contributed by atoms with Crippen molar-refractivity contribution in [2.75, 3.05) is 0 Å². The van der Waals surface area contributed by atoms with E-state index in [2.05, 4.69) is 0 Å². The summed E-state index contributed by atoms with van der Waals surface area (Å²) in [5, 5.41) is 18.2. The van der Waals surface area contributed by atoms with Crippen molar-refractivity contribution in [3.8, 4) is 11.5 Å². The maximum absolute atomic E-state index is 10.6. The van der Waals surface area contributed by atoms with Gasteiger partial charge >= 0.3 is 66.7 Å². The van der Waals surface area contributed by atoms with E-state index in [-0.39, 0.29) is 73.3 Å². The van der Waals surface area contributed by atoms with E-state index in [0.717, 1.165) is 0 Å². The molecule has 0 aliphatic carbocycles. The first-order valence-electron chi connectivity index (χ1n) is 3.44. The van der Waals surface area contributed by atoms with Gasteiger partial charge in [0, 0.05) is 5.56 Å². The van der Waals surface area contributed by atoms with Crippen LogP contribution in [0.4, 0.5) is 0 Å². The van der Waals surface area contributed by atoms with Crippen LogP contribution in [0.3, 0.4) is 0 Å². The van der Waals surface area contributed by atoms with E-state index in [4.69, 9.17) is 20.0 Å². The molecule has 0 aliphatic rings. The molecule has 8 heteroatoms. The molecule has 1 aromatic rings. The van der Waals surface area contributed by atoms with Crippen LogP contribution in [0, 0.1) is 0 Å². The quantitative estimate of drug-likeness (QED) is 0.240. The van der Waals surface area contributed by atoms with Crippen molar-refractivity contribution in [1.29, 1.82) is 0 Å². The molecular formula is C7H11Na2O5P. The van der Waals surface area contributed by atoms with Crippen LogP contribution >= 0.6 is 7.60 Å². The van der Waals surface area contributed by atoms with Crippen molar-refractivity contribution in [1.82, 2.24) is 0 Å². The molecule has 0 aliphatic heterocycles. The van der Waals surface area contributed by atoms with Crippen LogP contribution in [0.15, 0.2) is 18.2 Å². The van der Waals surface area contributed by atoms with Gasteiger partial charge in [-0.05, 0) is 6.07 Å². The number of aromatic hydroxyl groups is 2. The maximum Gasteiger partial charge on any atom is 1.00 e. The summed E-state index contributed by atoms with van der Waals surface area (Å²) in [7, 11) is -4.21. The Morgan fingerprint density at radius 1 is 1.20 bits per heavy atom. The van der Waals surface area contributed by atoms with Crippen LogP contribution in [0.1, 0.15) is 8.42 Å². The van der Waals surface area contributed by atoms with E-state index in [1.165, 1.54) is 18.2 Å². The number of para-hydroxylation sites is 1. The summed E-state index contributed by atoms with van der Waals surface area (Å²) in [5.74, 6) is -0.864. The normalized spacial score (nSPS) is 10.0. The number of phenolic OH excluding ortho intramolecular Hbond substituents is 2. The Morgan fingerprint density at radius 2 is 1.73 bits per heavy atom. The van der Waals surface area contributed by atoms with E-state index in [1.54, 1.807) is 0 Å². The fourth-order valence-corrected chi connectivity index (χ4v) is 1.63. The Balaban J connectivity index is -0.000000211. The molecule has 76 valence electrons. The van der Waals surface area contributed by atoms with Crippen molar-refractivity contribution in [2.45, 2.75) is 6.16 Å². The number of benzene rings is 1. The van der Waals surface area contributed by atoms with E-state index >= 15 is 0 Å². The van der Waals surface area contributed by atoms with Gasteiger partial charge in [0.2, 0.25) is 0 Å². The summed E-state index contributed by atoms with van der Waals surface area (Å²) in [4.78, 5) is 17.2. The summed E-state index contributed by atoms with van der Waals surface area (Å²) in [6.07, 6.45) is -0.576. The van der Waals surface area contributed by atoms with Gasteiger partial charge in [0.25, 0.3) is 0 Å². The summed E-state index contributed by atoms with van der Waals surface area (Å²) >= 11 is 0. The van der Waals surface area contributed by atoms with E-state index in [0.29, 0.717) is 0 Å². The van der Waals surface area contributed by atoms with Crippen molar-refractivity contribution < 1.29 is 86.5 Å². The molecule has 4 N–H and O–H groups in total. The molecule has 0 atom stereocenters. The van der Waals surface area contributed by atoms with Crippen LogP contribution in [-0.2, 0) is 10.7 Å². The molecule has 0 spiro atoms. The van der Waals surface area contributed by atoms with Crippen LogP contribution in [0.5, 0.6) is 11.5 Å². The summed E-state index contributed by atoms with van der Waals surface area (Å²) in [5.41, 5.74) is 0.0355. The Labute approximate surface area is 134 Å². The van der Waals surface area contributed by atoms with Crippen LogP contribution < -0.4 is 59.1 Å². The minimum absolute atomic E-state index is 0. The average molecular weight is 252 g/mol. The maximum atomic E-state index is 10.6. The zero-order chi connectivity index (χ0) is 10.1. The summed E-state index contributed by atoms with van der Waals surface area (Å²) in [6, 6.07) is 3.98. The van der Waals surface area contributed by atoms with Gasteiger partial charge in [-0.1, -0.05) is 12.1 Å². The van der Waals surface area contributed by atoms with Gasteiger partial charge in [0.1, 0.15) is 0 Å². The average Bonchev–Trinajstić information content (AvgIpc) is 1.96. The van der Waals surface area contributed by atoms with E-state index < -0.39 is 19.5 Å². The van der Waals surface area contributed by atoms with Gasteiger partial charge in [-0.25, -0.2) is 0 Å². The smallest absolute Gasteiger partial charge is 1.00 e. The fourth-order valence-electron chi connectivity index (χ4n) is 0.927. The number of hydrogen-bond donors (Lipinski definition) is 4. The Morgan fingerprint density at radius 3 is 2.20 bits per heavy atom. The predicted octanol–water partition coefficient (Wildman–Crippen LogP) is -4.99. The molecule has 0 saturated heterocycles. The van der Waals surface area contributed by atoms with Crippen molar-refractivity contribution in [3.05, 3.63) is 23.8 Å². The molecule has 0 unspecified atom stereocenters. The first-order chi connectivity index (χ1) is 5.90. The molecule has 15 heavy (non-hydrogen) atoms. The molecule has 0 heterocycles. The van der Waals surface area contributed by atoms with Crippen molar-refractivity contribution >= 4 is 7.60 Å². The minimum atomic E-state index is -4.21. The second kappa shape index (κ2) is 7.33. The van der Waals surface area contributed by atoms with Gasteiger partial charge in [-0.15, -0.1) is 0 Å². The fraction of sp³-hybridized carbons (Fsp3) is 0.143. The zero-order valence-electron chi connectivity index (χ0n) is 10.6. The summed E-state index contributed by atoms with van der Waals surface area (Å²) in [6.45, 7) is 0. The van der Waals surface area contributed by atoms with Gasteiger partial charge in [0.05, 0.1) is 6.16 Å². The third kappa shape index (κ3) is 6.31. The van der Waals surface area contributed by atoms with Crippen molar-refractivity contribution in [2.24, 2.45) is 0 Å². The largest absolute Gasteiger partial charge is 1.00 e. The third-order valence-corrected chi connectivity index (χ3v) is 2.23. The minimum Gasteiger partial charge on any atom is -1.00 e.